The summed E-state index contributed by atoms with van der Waals surface area (Å²) >= 11 is 6.09. The number of nitrogens with zero attached hydrogens (tertiary/aromatic N) is 3. The van der Waals surface area contributed by atoms with Crippen LogP contribution in [0.15, 0.2) is 12.3 Å². The highest BCUT2D eigenvalue weighted by atomic mass is 35.5. The second-order valence-electron chi connectivity index (χ2n) is 7.17. The van der Waals surface area contributed by atoms with E-state index in [2.05, 4.69) is 48.8 Å². The van der Waals surface area contributed by atoms with Gasteiger partial charge in [0.2, 0.25) is 5.28 Å². The predicted molar refractivity (Wildman–Crippen MR) is 100 cm³/mol. The minimum Gasteiger partial charge on any atom is -0.367 e. The van der Waals surface area contributed by atoms with E-state index in [1.165, 1.54) is 0 Å². The highest BCUT2D eigenvalue weighted by molar-refractivity contribution is 6.76. The molecule has 23 heavy (non-hydrogen) atoms. The Morgan fingerprint density at radius 1 is 1.35 bits per heavy atom. The van der Waals surface area contributed by atoms with Crippen molar-refractivity contribution in [2.75, 3.05) is 11.9 Å². The van der Waals surface area contributed by atoms with E-state index in [1.54, 1.807) is 0 Å². The molecule has 2 heterocycles. The number of ether oxygens (including phenoxy) is 1. The standard InChI is InChI=1S/C16H27ClN4OSi/c1-6-12(2)18-14-13-7-8-21(15(13)20-16(17)19-14)11-22-9-10-23(3,4)5/h7-8,12H,6,9-11H2,1-5H3,(H,18,19,20). The molecule has 0 aliphatic carbocycles. The molecule has 0 amide bonds. The summed E-state index contributed by atoms with van der Waals surface area (Å²) in [5.41, 5.74) is 0.809. The van der Waals surface area contributed by atoms with E-state index in [9.17, 15) is 0 Å². The Morgan fingerprint density at radius 2 is 2.09 bits per heavy atom. The fourth-order valence-corrected chi connectivity index (χ4v) is 3.05. The molecule has 0 aromatic carbocycles. The van der Waals surface area contributed by atoms with Gasteiger partial charge in [0, 0.05) is 26.9 Å². The Morgan fingerprint density at radius 3 is 2.74 bits per heavy atom. The highest BCUT2D eigenvalue weighted by Crippen LogP contribution is 2.24. The normalized spacial score (nSPS) is 13.5. The number of aromatic nitrogens is 3. The number of anilines is 1. The van der Waals surface area contributed by atoms with Gasteiger partial charge < -0.3 is 14.6 Å². The number of rotatable bonds is 8. The molecular weight excluding hydrogens is 328 g/mol. The topological polar surface area (TPSA) is 52.0 Å². The molecule has 0 aliphatic rings. The highest BCUT2D eigenvalue weighted by Gasteiger charge is 2.14. The Balaban J connectivity index is 2.13. The van der Waals surface area contributed by atoms with E-state index >= 15 is 0 Å². The van der Waals surface area contributed by atoms with Crippen LogP contribution in [0, 0.1) is 0 Å². The van der Waals surface area contributed by atoms with Crippen LogP contribution in [0.5, 0.6) is 0 Å². The molecule has 1 unspecified atom stereocenters. The number of halogens is 1. The second-order valence-corrected chi connectivity index (χ2v) is 13.1. The van der Waals surface area contributed by atoms with Crippen molar-refractivity contribution in [1.29, 1.82) is 0 Å². The van der Waals surface area contributed by atoms with Gasteiger partial charge in [-0.2, -0.15) is 4.98 Å². The summed E-state index contributed by atoms with van der Waals surface area (Å²) in [6.45, 7) is 12.6. The molecular formula is C16H27ClN4OSi. The quantitative estimate of drug-likeness (QED) is 0.427. The number of nitrogens with one attached hydrogen (secondary N) is 1. The molecule has 7 heteroatoms. The molecule has 0 saturated carbocycles. The Labute approximate surface area is 144 Å². The van der Waals surface area contributed by atoms with Crippen LogP contribution in [0.4, 0.5) is 5.82 Å². The van der Waals surface area contributed by atoms with Crippen LogP contribution in [-0.2, 0) is 11.5 Å². The predicted octanol–water partition coefficient (Wildman–Crippen LogP) is 4.61. The van der Waals surface area contributed by atoms with E-state index in [0.29, 0.717) is 12.8 Å². The average Bonchev–Trinajstić information content (AvgIpc) is 2.85. The lowest BCUT2D eigenvalue weighted by Crippen LogP contribution is -2.22. The lowest BCUT2D eigenvalue weighted by Gasteiger charge is -2.16. The summed E-state index contributed by atoms with van der Waals surface area (Å²) in [6, 6.07) is 3.50. The third-order valence-electron chi connectivity index (χ3n) is 3.81. The monoisotopic (exact) mass is 354 g/mol. The third-order valence-corrected chi connectivity index (χ3v) is 5.69. The van der Waals surface area contributed by atoms with Crippen LogP contribution < -0.4 is 5.32 Å². The van der Waals surface area contributed by atoms with Gasteiger partial charge in [-0.15, -0.1) is 0 Å². The first-order chi connectivity index (χ1) is 10.8. The van der Waals surface area contributed by atoms with E-state index < -0.39 is 8.07 Å². The van der Waals surface area contributed by atoms with Crippen LogP contribution in [-0.4, -0.2) is 35.3 Å². The van der Waals surface area contributed by atoms with Gasteiger partial charge in [0.15, 0.2) is 0 Å². The van der Waals surface area contributed by atoms with E-state index in [-0.39, 0.29) is 5.28 Å². The van der Waals surface area contributed by atoms with E-state index in [0.717, 1.165) is 35.9 Å². The lowest BCUT2D eigenvalue weighted by atomic mass is 10.2. The molecule has 128 valence electrons. The van der Waals surface area contributed by atoms with Gasteiger partial charge in [0.05, 0.1) is 5.39 Å². The van der Waals surface area contributed by atoms with Crippen molar-refractivity contribution in [2.45, 2.75) is 58.7 Å². The summed E-state index contributed by atoms with van der Waals surface area (Å²) in [5, 5.41) is 4.62. The molecule has 0 saturated heterocycles. The summed E-state index contributed by atoms with van der Waals surface area (Å²) in [4.78, 5) is 8.69. The minimum absolute atomic E-state index is 0.255. The Kier molecular flexibility index (Phi) is 6.05. The Bertz CT molecular complexity index is 653. The van der Waals surface area contributed by atoms with E-state index in [1.807, 2.05) is 16.8 Å². The zero-order valence-corrected chi connectivity index (χ0v) is 16.4. The number of hydrogen-bond donors (Lipinski definition) is 1. The largest absolute Gasteiger partial charge is 0.367 e. The molecule has 0 fully saturated rings. The zero-order chi connectivity index (χ0) is 17.0. The summed E-state index contributed by atoms with van der Waals surface area (Å²) in [6.07, 6.45) is 3.00. The van der Waals surface area contributed by atoms with Crippen LogP contribution in [0.25, 0.3) is 11.0 Å². The molecule has 2 rings (SSSR count). The van der Waals surface area contributed by atoms with Crippen LogP contribution in [0.3, 0.4) is 0 Å². The first-order valence-corrected chi connectivity index (χ1v) is 12.3. The molecule has 2 aromatic heterocycles. The van der Waals surface area contributed by atoms with Crippen LogP contribution in [0.2, 0.25) is 31.0 Å². The number of fused-ring (bicyclic) bond motifs is 1. The van der Waals surface area contributed by atoms with Crippen molar-refractivity contribution in [3.63, 3.8) is 0 Å². The summed E-state index contributed by atoms with van der Waals surface area (Å²) < 4.78 is 7.80. The van der Waals surface area contributed by atoms with Crippen molar-refractivity contribution < 1.29 is 4.74 Å². The van der Waals surface area contributed by atoms with Crippen LogP contribution >= 0.6 is 11.6 Å². The maximum atomic E-state index is 6.09. The van der Waals surface area contributed by atoms with Gasteiger partial charge in [-0.25, -0.2) is 4.98 Å². The van der Waals surface area contributed by atoms with Gasteiger partial charge in [0.25, 0.3) is 0 Å². The Hall–Kier alpha value is -1.11. The minimum atomic E-state index is -1.06. The van der Waals surface area contributed by atoms with Crippen molar-refractivity contribution in [3.05, 3.63) is 17.5 Å². The van der Waals surface area contributed by atoms with Gasteiger partial charge in [-0.05, 0) is 37.1 Å². The number of hydrogen-bond acceptors (Lipinski definition) is 4. The first kappa shape index (κ1) is 18.2. The zero-order valence-electron chi connectivity index (χ0n) is 14.7. The van der Waals surface area contributed by atoms with Gasteiger partial charge >= 0.3 is 0 Å². The van der Waals surface area contributed by atoms with Gasteiger partial charge in [-0.3, -0.25) is 0 Å². The van der Waals surface area contributed by atoms with Crippen molar-refractivity contribution in [1.82, 2.24) is 14.5 Å². The molecule has 0 radical (unpaired) electrons. The fourth-order valence-electron chi connectivity index (χ4n) is 2.13. The summed E-state index contributed by atoms with van der Waals surface area (Å²) in [5.74, 6) is 0.787. The molecule has 0 spiro atoms. The molecule has 1 N–H and O–H groups in total. The SMILES string of the molecule is CCC(C)Nc1nc(Cl)nc2c1ccn2COCC[Si](C)(C)C. The lowest BCUT2D eigenvalue weighted by molar-refractivity contribution is 0.0899. The second kappa shape index (κ2) is 7.64. The smallest absolute Gasteiger partial charge is 0.226 e. The van der Waals surface area contributed by atoms with Crippen molar-refractivity contribution in [2.24, 2.45) is 0 Å². The maximum absolute atomic E-state index is 6.09. The summed E-state index contributed by atoms with van der Waals surface area (Å²) in [7, 11) is -1.06. The molecule has 0 bridgehead atoms. The van der Waals surface area contributed by atoms with Crippen molar-refractivity contribution >= 4 is 36.5 Å². The molecule has 1 atom stereocenters. The van der Waals surface area contributed by atoms with Gasteiger partial charge in [-0.1, -0.05) is 26.6 Å². The van der Waals surface area contributed by atoms with Crippen LogP contribution in [0.1, 0.15) is 20.3 Å². The fraction of sp³-hybridized carbons (Fsp3) is 0.625. The first-order valence-electron chi connectivity index (χ1n) is 8.17. The van der Waals surface area contributed by atoms with Crippen molar-refractivity contribution in [3.8, 4) is 0 Å². The van der Waals surface area contributed by atoms with E-state index in [4.69, 9.17) is 16.3 Å². The third kappa shape index (κ3) is 5.19. The maximum Gasteiger partial charge on any atom is 0.226 e. The average molecular weight is 355 g/mol. The van der Waals surface area contributed by atoms with Gasteiger partial charge in [0.1, 0.15) is 18.2 Å². The molecule has 0 aliphatic heterocycles. The molecule has 5 nitrogen and oxygen atoms in total. The molecule has 2 aromatic rings.